The molecule has 1 aliphatic rings. The molecule has 3 rings (SSSR count). The first-order valence-corrected chi connectivity index (χ1v) is 10.0. The van der Waals surface area contributed by atoms with Crippen LogP contribution in [0.1, 0.15) is 53.3 Å². The lowest BCUT2D eigenvalue weighted by atomic mass is 10.0. The smallest absolute Gasteiger partial charge is 0.270 e. The number of hydrogen-bond acceptors (Lipinski definition) is 6. The maximum Gasteiger partial charge on any atom is 0.270 e. The summed E-state index contributed by atoms with van der Waals surface area (Å²) in [7, 11) is 0. The van der Waals surface area contributed by atoms with E-state index in [1.165, 1.54) is 24.3 Å². The fourth-order valence-electron chi connectivity index (χ4n) is 3.33. The van der Waals surface area contributed by atoms with E-state index in [1.54, 1.807) is 23.2 Å². The molecule has 1 aliphatic heterocycles. The summed E-state index contributed by atoms with van der Waals surface area (Å²) in [6.45, 7) is 4.19. The highest BCUT2D eigenvalue weighted by atomic mass is 32.1. The van der Waals surface area contributed by atoms with Crippen LogP contribution in [0.3, 0.4) is 0 Å². The fraction of sp³-hybridized carbons (Fsp3) is 0.421. The lowest BCUT2D eigenvalue weighted by Crippen LogP contribution is -2.49. The van der Waals surface area contributed by atoms with E-state index < -0.39 is 16.9 Å². The second kappa shape index (κ2) is 8.47. The molecular weight excluding hydrogens is 380 g/mol. The molecule has 1 saturated heterocycles. The van der Waals surface area contributed by atoms with Crippen LogP contribution in [0.15, 0.2) is 29.6 Å². The number of hydrogen-bond donors (Lipinski definition) is 1. The van der Waals surface area contributed by atoms with Crippen LogP contribution in [0.5, 0.6) is 0 Å². The molecule has 28 heavy (non-hydrogen) atoms. The SMILES string of the molecule is Cc1csc([C@H]2CCCCN2C(=O)[C@H](C)NC(=O)c2cccc([N+](=O)[O-])c2)n1. The molecule has 2 heterocycles. The Morgan fingerprint density at radius 3 is 2.86 bits per heavy atom. The minimum atomic E-state index is -0.742. The van der Waals surface area contributed by atoms with Gasteiger partial charge in [0.2, 0.25) is 5.91 Å². The number of aromatic nitrogens is 1. The van der Waals surface area contributed by atoms with Crippen molar-refractivity contribution in [2.45, 2.75) is 45.2 Å². The molecule has 0 saturated carbocycles. The number of nitro groups is 1. The Bertz CT molecular complexity index is 898. The number of nitrogens with zero attached hydrogens (tertiary/aromatic N) is 3. The maximum absolute atomic E-state index is 13.0. The van der Waals surface area contributed by atoms with E-state index in [0.717, 1.165) is 30.0 Å². The number of carbonyl (C=O) groups is 2. The van der Waals surface area contributed by atoms with Crippen molar-refractivity contribution in [2.24, 2.45) is 0 Å². The number of benzene rings is 1. The highest BCUT2D eigenvalue weighted by Crippen LogP contribution is 2.33. The van der Waals surface area contributed by atoms with E-state index in [-0.39, 0.29) is 23.2 Å². The van der Waals surface area contributed by atoms with E-state index in [0.29, 0.717) is 6.54 Å². The van der Waals surface area contributed by atoms with E-state index in [2.05, 4.69) is 10.3 Å². The van der Waals surface area contributed by atoms with Crippen LogP contribution >= 0.6 is 11.3 Å². The van der Waals surface area contributed by atoms with Crippen molar-refractivity contribution in [3.8, 4) is 0 Å². The van der Waals surface area contributed by atoms with Crippen molar-refractivity contribution in [3.05, 3.63) is 56.0 Å². The number of nitro benzene ring substituents is 1. The van der Waals surface area contributed by atoms with Crippen LogP contribution in [-0.4, -0.2) is 39.2 Å². The molecule has 0 radical (unpaired) electrons. The van der Waals surface area contributed by atoms with Crippen molar-refractivity contribution in [1.29, 1.82) is 0 Å². The fourth-order valence-corrected chi connectivity index (χ4v) is 4.27. The van der Waals surface area contributed by atoms with Gasteiger partial charge in [-0.2, -0.15) is 0 Å². The molecule has 1 aromatic heterocycles. The Labute approximate surface area is 166 Å². The van der Waals surface area contributed by atoms with Crippen molar-refractivity contribution < 1.29 is 14.5 Å². The van der Waals surface area contributed by atoms with Crippen LogP contribution in [0.4, 0.5) is 5.69 Å². The summed E-state index contributed by atoms with van der Waals surface area (Å²) in [5, 5.41) is 16.5. The number of carbonyl (C=O) groups excluding carboxylic acids is 2. The minimum absolute atomic E-state index is 0.0721. The highest BCUT2D eigenvalue weighted by molar-refractivity contribution is 7.09. The quantitative estimate of drug-likeness (QED) is 0.610. The molecule has 1 N–H and O–H groups in total. The van der Waals surface area contributed by atoms with Gasteiger partial charge in [0.05, 0.1) is 11.0 Å². The number of nitrogens with one attached hydrogen (secondary N) is 1. The number of non-ortho nitro benzene ring substituents is 1. The summed E-state index contributed by atoms with van der Waals surface area (Å²) < 4.78 is 0. The summed E-state index contributed by atoms with van der Waals surface area (Å²) >= 11 is 1.55. The van der Waals surface area contributed by atoms with Crippen LogP contribution in [0.25, 0.3) is 0 Å². The molecule has 0 bridgehead atoms. The first-order valence-electron chi connectivity index (χ1n) is 9.14. The second-order valence-corrected chi connectivity index (χ2v) is 7.76. The molecule has 0 aliphatic carbocycles. The molecule has 2 atom stereocenters. The predicted molar refractivity (Wildman–Crippen MR) is 105 cm³/mol. The van der Waals surface area contributed by atoms with E-state index in [4.69, 9.17) is 0 Å². The third-order valence-corrected chi connectivity index (χ3v) is 5.81. The molecule has 8 nitrogen and oxygen atoms in total. The normalized spacial score (nSPS) is 17.8. The number of aryl methyl sites for hydroxylation is 1. The average Bonchev–Trinajstić information content (AvgIpc) is 3.13. The summed E-state index contributed by atoms with van der Waals surface area (Å²) in [5.41, 5.74) is 0.923. The third-order valence-electron chi connectivity index (χ3n) is 4.74. The molecular formula is C19H22N4O4S. The molecule has 0 unspecified atom stereocenters. The Morgan fingerprint density at radius 2 is 2.18 bits per heavy atom. The van der Waals surface area contributed by atoms with E-state index >= 15 is 0 Å². The predicted octanol–water partition coefficient (Wildman–Crippen LogP) is 3.23. The molecule has 1 fully saturated rings. The van der Waals surface area contributed by atoms with Gasteiger partial charge in [-0.25, -0.2) is 4.98 Å². The molecule has 2 amide bonds. The summed E-state index contributed by atoms with van der Waals surface area (Å²) in [6, 6.07) is 4.64. The van der Waals surface area contributed by atoms with Gasteiger partial charge in [-0.3, -0.25) is 19.7 Å². The molecule has 148 valence electrons. The van der Waals surface area contributed by atoms with E-state index in [1.807, 2.05) is 12.3 Å². The zero-order valence-corrected chi connectivity index (χ0v) is 16.6. The summed E-state index contributed by atoms with van der Waals surface area (Å²) in [5.74, 6) is -0.681. The summed E-state index contributed by atoms with van der Waals surface area (Å²) in [6.07, 6.45) is 2.80. The number of thiazole rings is 1. The Morgan fingerprint density at radius 1 is 1.39 bits per heavy atom. The zero-order chi connectivity index (χ0) is 20.3. The van der Waals surface area contributed by atoms with Crippen LogP contribution in [-0.2, 0) is 4.79 Å². The van der Waals surface area contributed by atoms with Gasteiger partial charge in [0.25, 0.3) is 11.6 Å². The van der Waals surface area contributed by atoms with Gasteiger partial charge < -0.3 is 10.2 Å². The topological polar surface area (TPSA) is 105 Å². The number of likely N-dealkylation sites (tertiary alicyclic amines) is 1. The van der Waals surface area contributed by atoms with Crippen LogP contribution in [0.2, 0.25) is 0 Å². The molecule has 2 aromatic rings. The van der Waals surface area contributed by atoms with Gasteiger partial charge in [-0.05, 0) is 39.2 Å². The van der Waals surface area contributed by atoms with Gasteiger partial charge in [-0.15, -0.1) is 11.3 Å². The van der Waals surface area contributed by atoms with Crippen molar-refractivity contribution in [3.63, 3.8) is 0 Å². The third kappa shape index (κ3) is 4.36. The first-order chi connectivity index (χ1) is 13.4. The standard InChI is InChI=1S/C19H22N4O4S/c1-12-11-28-18(20-12)16-8-3-4-9-22(16)19(25)13(2)21-17(24)14-6-5-7-15(10-14)23(26)27/h5-7,10-11,13,16H,3-4,8-9H2,1-2H3,(H,21,24)/t13-,16+/m0/s1. The van der Waals surface area contributed by atoms with Gasteiger partial charge in [0.15, 0.2) is 0 Å². The van der Waals surface area contributed by atoms with Crippen LogP contribution in [0, 0.1) is 17.0 Å². The Hall–Kier alpha value is -2.81. The van der Waals surface area contributed by atoms with Crippen LogP contribution < -0.4 is 5.32 Å². The number of rotatable bonds is 5. The molecule has 0 spiro atoms. The maximum atomic E-state index is 13.0. The Kier molecular flexibility index (Phi) is 6.03. The lowest BCUT2D eigenvalue weighted by molar-refractivity contribution is -0.384. The summed E-state index contributed by atoms with van der Waals surface area (Å²) in [4.78, 5) is 42.1. The molecule has 1 aromatic carbocycles. The lowest BCUT2D eigenvalue weighted by Gasteiger charge is -2.36. The number of amides is 2. The highest BCUT2D eigenvalue weighted by Gasteiger charge is 2.33. The Balaban J connectivity index is 1.71. The van der Waals surface area contributed by atoms with Gasteiger partial charge in [0, 0.05) is 35.3 Å². The van der Waals surface area contributed by atoms with E-state index in [9.17, 15) is 19.7 Å². The second-order valence-electron chi connectivity index (χ2n) is 6.87. The molecule has 9 heteroatoms. The van der Waals surface area contributed by atoms with Gasteiger partial charge in [-0.1, -0.05) is 6.07 Å². The van der Waals surface area contributed by atoms with Gasteiger partial charge >= 0.3 is 0 Å². The monoisotopic (exact) mass is 402 g/mol. The van der Waals surface area contributed by atoms with Crippen molar-refractivity contribution in [1.82, 2.24) is 15.2 Å². The largest absolute Gasteiger partial charge is 0.341 e. The number of piperidine rings is 1. The zero-order valence-electron chi connectivity index (χ0n) is 15.8. The van der Waals surface area contributed by atoms with Crippen molar-refractivity contribution in [2.75, 3.05) is 6.54 Å². The first kappa shape index (κ1) is 19.9. The minimum Gasteiger partial charge on any atom is -0.341 e. The van der Waals surface area contributed by atoms with Gasteiger partial charge in [0.1, 0.15) is 11.0 Å². The average molecular weight is 402 g/mol. The van der Waals surface area contributed by atoms with Crippen molar-refractivity contribution >= 4 is 28.8 Å².